The van der Waals surface area contributed by atoms with Crippen molar-refractivity contribution in [1.29, 1.82) is 0 Å². The molecule has 0 unspecified atom stereocenters. The van der Waals surface area contributed by atoms with Gasteiger partial charge in [-0.2, -0.15) is 13.2 Å². The minimum atomic E-state index is -4.51. The quantitative estimate of drug-likeness (QED) is 0.519. The Bertz CT molecular complexity index is 343. The molecule has 1 aromatic rings. The van der Waals surface area contributed by atoms with Crippen LogP contribution < -0.4 is 0 Å². The van der Waals surface area contributed by atoms with E-state index in [1.165, 1.54) is 0 Å². The van der Waals surface area contributed by atoms with Gasteiger partial charge in [0.2, 0.25) is 0 Å². The molecule has 1 nitrogen and oxygen atoms in total. The second-order valence-electron chi connectivity index (χ2n) is 2.69. The molecule has 0 aliphatic rings. The van der Waals surface area contributed by atoms with Crippen LogP contribution in [0, 0.1) is 5.82 Å². The Hall–Kier alpha value is -1.39. The van der Waals surface area contributed by atoms with E-state index in [9.17, 15) is 17.6 Å². The van der Waals surface area contributed by atoms with Crippen molar-refractivity contribution in [2.24, 2.45) is 4.99 Å². The van der Waals surface area contributed by atoms with E-state index in [1.54, 1.807) is 0 Å². The number of halogens is 4. The number of aliphatic imine (C=N–C) groups is 1. The lowest BCUT2D eigenvalue weighted by atomic mass is 10.1. The van der Waals surface area contributed by atoms with Crippen molar-refractivity contribution < 1.29 is 17.6 Å². The second kappa shape index (κ2) is 3.77. The Labute approximate surface area is 78.1 Å². The Kier molecular flexibility index (Phi) is 2.88. The zero-order valence-electron chi connectivity index (χ0n) is 7.11. The first kappa shape index (κ1) is 10.7. The third kappa shape index (κ3) is 2.31. The summed E-state index contributed by atoms with van der Waals surface area (Å²) in [7, 11) is 0. The molecule has 0 aromatic heterocycles. The van der Waals surface area contributed by atoms with Crippen LogP contribution in [0.2, 0.25) is 0 Å². The smallest absolute Gasteiger partial charge is 0.296 e. The van der Waals surface area contributed by atoms with Crippen molar-refractivity contribution in [2.45, 2.75) is 12.7 Å². The highest BCUT2D eigenvalue weighted by Crippen LogP contribution is 2.30. The average molecular weight is 205 g/mol. The fourth-order valence-electron chi connectivity index (χ4n) is 0.972. The number of hydrogen-bond donors (Lipinski definition) is 0. The fraction of sp³-hybridized carbons (Fsp3) is 0.222. The van der Waals surface area contributed by atoms with Crippen LogP contribution in [-0.4, -0.2) is 6.72 Å². The molecule has 0 aliphatic carbocycles. The maximum atomic E-state index is 13.0. The van der Waals surface area contributed by atoms with E-state index in [1.807, 2.05) is 0 Å². The van der Waals surface area contributed by atoms with Crippen LogP contribution in [0.4, 0.5) is 17.6 Å². The molecule has 0 saturated heterocycles. The van der Waals surface area contributed by atoms with Crippen LogP contribution in [0.25, 0.3) is 0 Å². The first-order chi connectivity index (χ1) is 6.45. The van der Waals surface area contributed by atoms with Crippen molar-refractivity contribution in [3.63, 3.8) is 0 Å². The highest BCUT2D eigenvalue weighted by atomic mass is 19.4. The zero-order valence-corrected chi connectivity index (χ0v) is 7.11. The minimum Gasteiger partial charge on any atom is -0.296 e. The second-order valence-corrected chi connectivity index (χ2v) is 2.69. The van der Waals surface area contributed by atoms with E-state index in [0.29, 0.717) is 6.07 Å². The lowest BCUT2D eigenvalue weighted by molar-refractivity contribution is -0.137. The monoisotopic (exact) mass is 205 g/mol. The van der Waals surface area contributed by atoms with Crippen LogP contribution >= 0.6 is 0 Å². The molecule has 76 valence electrons. The van der Waals surface area contributed by atoms with E-state index >= 15 is 0 Å². The summed E-state index contributed by atoms with van der Waals surface area (Å²) in [5, 5.41) is 0. The summed E-state index contributed by atoms with van der Waals surface area (Å²) in [6.45, 7) is 3.11. The predicted octanol–water partition coefficient (Wildman–Crippen LogP) is 3.05. The normalized spacial score (nSPS) is 11.4. The van der Waals surface area contributed by atoms with Gasteiger partial charge in [0.05, 0.1) is 12.1 Å². The average Bonchev–Trinajstić information content (AvgIpc) is 2.07. The van der Waals surface area contributed by atoms with Gasteiger partial charge in [-0.05, 0) is 18.9 Å². The summed E-state index contributed by atoms with van der Waals surface area (Å²) in [6.07, 6.45) is -4.51. The van der Waals surface area contributed by atoms with Crippen LogP contribution in [0.3, 0.4) is 0 Å². The van der Waals surface area contributed by atoms with Crippen molar-refractivity contribution in [2.75, 3.05) is 0 Å². The zero-order chi connectivity index (χ0) is 10.8. The number of rotatable bonds is 2. The Morgan fingerprint density at radius 1 is 1.29 bits per heavy atom. The van der Waals surface area contributed by atoms with Crippen LogP contribution in [0.5, 0.6) is 0 Å². The van der Waals surface area contributed by atoms with Crippen molar-refractivity contribution >= 4 is 6.72 Å². The molecule has 0 N–H and O–H groups in total. The highest BCUT2D eigenvalue weighted by Gasteiger charge is 2.30. The third-order valence-electron chi connectivity index (χ3n) is 1.66. The maximum Gasteiger partial charge on any atom is 0.416 e. The number of benzene rings is 1. The Balaban J connectivity index is 3.06. The highest BCUT2D eigenvalue weighted by molar-refractivity contribution is 5.29. The topological polar surface area (TPSA) is 12.4 Å². The molecular weight excluding hydrogens is 198 g/mol. The van der Waals surface area contributed by atoms with Gasteiger partial charge in [0.25, 0.3) is 0 Å². The molecule has 1 aromatic carbocycles. The molecule has 0 atom stereocenters. The van der Waals surface area contributed by atoms with Gasteiger partial charge in [-0.15, -0.1) is 0 Å². The Morgan fingerprint density at radius 2 is 1.93 bits per heavy atom. The van der Waals surface area contributed by atoms with Gasteiger partial charge in [-0.1, -0.05) is 6.07 Å². The molecule has 0 spiro atoms. The van der Waals surface area contributed by atoms with Crippen LogP contribution in [0.1, 0.15) is 11.1 Å². The molecule has 0 bridgehead atoms. The van der Waals surface area contributed by atoms with Gasteiger partial charge in [-0.25, -0.2) is 4.39 Å². The van der Waals surface area contributed by atoms with Gasteiger partial charge in [0.15, 0.2) is 0 Å². The molecular formula is C9H7F4N. The predicted molar refractivity (Wildman–Crippen MR) is 44.7 cm³/mol. The first-order valence-electron chi connectivity index (χ1n) is 3.73. The van der Waals surface area contributed by atoms with Crippen LogP contribution in [-0.2, 0) is 12.7 Å². The van der Waals surface area contributed by atoms with E-state index in [4.69, 9.17) is 0 Å². The number of hydrogen-bond acceptors (Lipinski definition) is 1. The Morgan fingerprint density at radius 3 is 2.36 bits per heavy atom. The lowest BCUT2D eigenvalue weighted by Gasteiger charge is -2.07. The number of nitrogens with zero attached hydrogens (tertiary/aromatic N) is 1. The molecule has 0 aliphatic heterocycles. The van der Waals surface area contributed by atoms with Gasteiger partial charge >= 0.3 is 6.18 Å². The van der Waals surface area contributed by atoms with Gasteiger partial charge in [-0.3, -0.25) is 4.99 Å². The molecule has 1 rings (SSSR count). The van der Waals surface area contributed by atoms with E-state index in [-0.39, 0.29) is 12.1 Å². The summed E-state index contributed by atoms with van der Waals surface area (Å²) < 4.78 is 49.2. The standard InChI is InChI=1S/C9H7F4N/c1-14-5-6-2-3-7(4-8(6)10)9(11,12)13/h2-4H,1,5H2. The summed E-state index contributed by atoms with van der Waals surface area (Å²) in [4.78, 5) is 3.39. The van der Waals surface area contributed by atoms with E-state index < -0.39 is 17.6 Å². The fourth-order valence-corrected chi connectivity index (χ4v) is 0.972. The van der Waals surface area contributed by atoms with Gasteiger partial charge < -0.3 is 0 Å². The lowest BCUT2D eigenvalue weighted by Crippen LogP contribution is -2.06. The summed E-state index contributed by atoms with van der Waals surface area (Å²) in [5.41, 5.74) is -0.893. The number of alkyl halides is 3. The summed E-state index contributed by atoms with van der Waals surface area (Å²) in [6, 6.07) is 2.34. The molecule has 5 heteroatoms. The molecule has 0 saturated carbocycles. The first-order valence-corrected chi connectivity index (χ1v) is 3.73. The van der Waals surface area contributed by atoms with E-state index in [0.717, 1.165) is 12.1 Å². The maximum absolute atomic E-state index is 13.0. The van der Waals surface area contributed by atoms with Gasteiger partial charge in [0, 0.05) is 5.56 Å². The molecule has 0 amide bonds. The molecule has 0 heterocycles. The molecule has 0 fully saturated rings. The molecule has 14 heavy (non-hydrogen) atoms. The van der Waals surface area contributed by atoms with Crippen LogP contribution in [0.15, 0.2) is 23.2 Å². The third-order valence-corrected chi connectivity index (χ3v) is 1.66. The summed E-state index contributed by atoms with van der Waals surface area (Å²) >= 11 is 0. The SMILES string of the molecule is C=NCc1ccc(C(F)(F)F)cc1F. The van der Waals surface area contributed by atoms with E-state index in [2.05, 4.69) is 11.7 Å². The summed E-state index contributed by atoms with van der Waals surface area (Å²) in [5.74, 6) is -0.910. The van der Waals surface area contributed by atoms with Crippen molar-refractivity contribution in [1.82, 2.24) is 0 Å². The largest absolute Gasteiger partial charge is 0.416 e. The van der Waals surface area contributed by atoms with Crippen molar-refractivity contribution in [3.05, 3.63) is 35.1 Å². The minimum absolute atomic E-state index is 0.0238. The molecule has 0 radical (unpaired) electrons. The van der Waals surface area contributed by atoms with Gasteiger partial charge in [0.1, 0.15) is 5.82 Å². The van der Waals surface area contributed by atoms with Crippen molar-refractivity contribution in [3.8, 4) is 0 Å².